The lowest BCUT2D eigenvalue weighted by Gasteiger charge is -2.19. The van der Waals surface area contributed by atoms with Gasteiger partial charge in [0.1, 0.15) is 5.78 Å². The molecule has 0 spiro atoms. The molecule has 0 heterocycles. The number of carbonyl (C=O) groups is 1. The lowest BCUT2D eigenvalue weighted by molar-refractivity contribution is -0.117. The van der Waals surface area contributed by atoms with Crippen LogP contribution in [0.2, 0.25) is 0 Å². The Kier molecular flexibility index (Phi) is 5.54. The fourth-order valence-electron chi connectivity index (χ4n) is 1.71. The van der Waals surface area contributed by atoms with Crippen LogP contribution >= 0.6 is 0 Å². The van der Waals surface area contributed by atoms with Gasteiger partial charge >= 0.3 is 0 Å². The molecule has 18 heavy (non-hydrogen) atoms. The lowest BCUT2D eigenvalue weighted by atomic mass is 9.87. The molecule has 0 aromatic heterocycles. The average Bonchev–Trinajstić information content (AvgIpc) is 2.27. The molecule has 0 unspecified atom stereocenters. The number of ketones is 1. The first kappa shape index (κ1) is 14.9. The van der Waals surface area contributed by atoms with Gasteiger partial charge in [-0.05, 0) is 29.9 Å². The van der Waals surface area contributed by atoms with Crippen LogP contribution in [0.1, 0.15) is 51.7 Å². The van der Waals surface area contributed by atoms with Gasteiger partial charge in [0, 0.05) is 13.0 Å². The van der Waals surface area contributed by atoms with Gasteiger partial charge in [0.05, 0.1) is 6.61 Å². The monoisotopic (exact) mass is 248 g/mol. The van der Waals surface area contributed by atoms with E-state index < -0.39 is 0 Å². The predicted octanol–water partition coefficient (Wildman–Crippen LogP) is 3.87. The van der Waals surface area contributed by atoms with E-state index >= 15 is 0 Å². The molecule has 0 aliphatic rings. The molecule has 0 saturated carbocycles. The molecule has 0 aliphatic heterocycles. The van der Waals surface area contributed by atoms with Crippen LogP contribution in [0.15, 0.2) is 24.3 Å². The summed E-state index contributed by atoms with van der Waals surface area (Å²) in [4.78, 5) is 10.8. The molecular formula is C16H24O2. The first-order valence-electron chi connectivity index (χ1n) is 6.56. The van der Waals surface area contributed by atoms with Crippen LogP contribution in [0.4, 0.5) is 0 Å². The van der Waals surface area contributed by atoms with Crippen LogP contribution in [0.25, 0.3) is 0 Å². The van der Waals surface area contributed by atoms with Crippen molar-refractivity contribution in [3.05, 3.63) is 35.4 Å². The van der Waals surface area contributed by atoms with Gasteiger partial charge in [-0.25, -0.2) is 0 Å². The predicted molar refractivity (Wildman–Crippen MR) is 74.7 cm³/mol. The van der Waals surface area contributed by atoms with Crippen LogP contribution in [0, 0.1) is 0 Å². The Morgan fingerprint density at radius 2 is 1.78 bits per heavy atom. The Balaban J connectivity index is 2.33. The van der Waals surface area contributed by atoms with Crippen LogP contribution in [0.5, 0.6) is 0 Å². The topological polar surface area (TPSA) is 26.3 Å². The van der Waals surface area contributed by atoms with E-state index in [1.807, 2.05) is 0 Å². The molecule has 0 saturated heterocycles. The number of hydrogen-bond donors (Lipinski definition) is 0. The Morgan fingerprint density at radius 3 is 2.28 bits per heavy atom. The Morgan fingerprint density at radius 1 is 1.17 bits per heavy atom. The number of benzene rings is 1. The van der Waals surface area contributed by atoms with Crippen molar-refractivity contribution in [1.82, 2.24) is 0 Å². The van der Waals surface area contributed by atoms with E-state index in [0.29, 0.717) is 19.6 Å². The highest BCUT2D eigenvalue weighted by Gasteiger charge is 2.12. The standard InChI is InChI=1S/C16H24O2/c1-13(17)6-5-11-18-12-14-7-9-15(10-8-14)16(2,3)4/h7-10H,5-6,11-12H2,1-4H3. The molecule has 100 valence electrons. The molecule has 0 amide bonds. The summed E-state index contributed by atoms with van der Waals surface area (Å²) in [5.41, 5.74) is 2.72. The molecule has 0 bridgehead atoms. The van der Waals surface area contributed by atoms with Gasteiger partial charge < -0.3 is 9.53 Å². The van der Waals surface area contributed by atoms with E-state index in [-0.39, 0.29) is 11.2 Å². The molecule has 0 aliphatic carbocycles. The maximum absolute atomic E-state index is 10.8. The molecule has 1 aromatic rings. The van der Waals surface area contributed by atoms with Crippen molar-refractivity contribution in [3.63, 3.8) is 0 Å². The van der Waals surface area contributed by atoms with Gasteiger partial charge in [-0.15, -0.1) is 0 Å². The second kappa shape index (κ2) is 6.69. The van der Waals surface area contributed by atoms with E-state index in [2.05, 4.69) is 45.0 Å². The van der Waals surface area contributed by atoms with Gasteiger partial charge in [0.25, 0.3) is 0 Å². The minimum Gasteiger partial charge on any atom is -0.377 e. The summed E-state index contributed by atoms with van der Waals surface area (Å²) in [6.07, 6.45) is 1.43. The maximum atomic E-state index is 10.8. The third-order valence-electron chi connectivity index (χ3n) is 2.91. The minimum atomic E-state index is 0.195. The summed E-state index contributed by atoms with van der Waals surface area (Å²) >= 11 is 0. The van der Waals surface area contributed by atoms with E-state index in [1.54, 1.807) is 6.92 Å². The minimum absolute atomic E-state index is 0.195. The van der Waals surface area contributed by atoms with Gasteiger partial charge in [-0.1, -0.05) is 45.0 Å². The quantitative estimate of drug-likeness (QED) is 0.714. The molecule has 2 heteroatoms. The maximum Gasteiger partial charge on any atom is 0.129 e. The van der Waals surface area contributed by atoms with E-state index in [0.717, 1.165) is 6.42 Å². The third kappa shape index (κ3) is 5.46. The number of hydrogen-bond acceptors (Lipinski definition) is 2. The first-order chi connectivity index (χ1) is 8.39. The number of carbonyl (C=O) groups excluding carboxylic acids is 1. The van der Waals surface area contributed by atoms with E-state index in [9.17, 15) is 4.79 Å². The van der Waals surface area contributed by atoms with Crippen molar-refractivity contribution in [3.8, 4) is 0 Å². The highest BCUT2D eigenvalue weighted by Crippen LogP contribution is 2.22. The van der Waals surface area contributed by atoms with Crippen molar-refractivity contribution >= 4 is 5.78 Å². The van der Waals surface area contributed by atoms with Gasteiger partial charge in [0.2, 0.25) is 0 Å². The Labute approximate surface area is 110 Å². The second-order valence-corrected chi connectivity index (χ2v) is 5.81. The zero-order valence-corrected chi connectivity index (χ0v) is 12.0. The van der Waals surface area contributed by atoms with Crippen molar-refractivity contribution in [1.29, 1.82) is 0 Å². The number of ether oxygens (including phenoxy) is 1. The fourth-order valence-corrected chi connectivity index (χ4v) is 1.71. The molecule has 1 aromatic carbocycles. The Hall–Kier alpha value is -1.15. The van der Waals surface area contributed by atoms with Gasteiger partial charge in [-0.2, -0.15) is 0 Å². The van der Waals surface area contributed by atoms with Crippen LogP contribution in [-0.2, 0) is 21.6 Å². The SMILES string of the molecule is CC(=O)CCCOCc1ccc(C(C)(C)C)cc1. The summed E-state index contributed by atoms with van der Waals surface area (Å²) in [6, 6.07) is 8.56. The first-order valence-corrected chi connectivity index (χ1v) is 6.56. The van der Waals surface area contributed by atoms with Crippen molar-refractivity contribution in [2.45, 2.75) is 52.6 Å². The summed E-state index contributed by atoms with van der Waals surface area (Å²) in [5, 5.41) is 0. The number of rotatable bonds is 6. The summed E-state index contributed by atoms with van der Waals surface area (Å²) in [6.45, 7) is 9.52. The highest BCUT2D eigenvalue weighted by molar-refractivity contribution is 5.75. The molecule has 0 radical (unpaired) electrons. The highest BCUT2D eigenvalue weighted by atomic mass is 16.5. The number of Topliss-reactive ketones (excluding diaryl/α,β-unsaturated/α-hetero) is 1. The summed E-state index contributed by atoms with van der Waals surface area (Å²) < 4.78 is 5.54. The molecule has 2 nitrogen and oxygen atoms in total. The normalized spacial score (nSPS) is 11.6. The van der Waals surface area contributed by atoms with E-state index in [4.69, 9.17) is 4.74 Å². The zero-order chi connectivity index (χ0) is 13.6. The summed E-state index contributed by atoms with van der Waals surface area (Å²) in [7, 11) is 0. The molecule has 1 rings (SSSR count). The largest absolute Gasteiger partial charge is 0.377 e. The van der Waals surface area contributed by atoms with Crippen molar-refractivity contribution in [2.24, 2.45) is 0 Å². The van der Waals surface area contributed by atoms with Crippen molar-refractivity contribution in [2.75, 3.05) is 6.61 Å². The lowest BCUT2D eigenvalue weighted by Crippen LogP contribution is -2.10. The molecule has 0 N–H and O–H groups in total. The van der Waals surface area contributed by atoms with Crippen LogP contribution in [-0.4, -0.2) is 12.4 Å². The smallest absolute Gasteiger partial charge is 0.129 e. The fraction of sp³-hybridized carbons (Fsp3) is 0.562. The van der Waals surface area contributed by atoms with E-state index in [1.165, 1.54) is 11.1 Å². The van der Waals surface area contributed by atoms with Crippen molar-refractivity contribution < 1.29 is 9.53 Å². The second-order valence-electron chi connectivity index (χ2n) is 5.81. The van der Waals surface area contributed by atoms with Gasteiger partial charge in [0.15, 0.2) is 0 Å². The Bertz CT molecular complexity index is 371. The average molecular weight is 248 g/mol. The summed E-state index contributed by atoms with van der Waals surface area (Å²) in [5.74, 6) is 0.230. The van der Waals surface area contributed by atoms with Crippen LogP contribution in [0.3, 0.4) is 0 Å². The third-order valence-corrected chi connectivity index (χ3v) is 2.91. The van der Waals surface area contributed by atoms with Crippen LogP contribution < -0.4 is 0 Å². The van der Waals surface area contributed by atoms with Gasteiger partial charge in [-0.3, -0.25) is 0 Å². The zero-order valence-electron chi connectivity index (χ0n) is 12.0. The molecule has 0 atom stereocenters. The molecular weight excluding hydrogens is 224 g/mol. The molecule has 0 fully saturated rings.